The first kappa shape index (κ1) is 13.1. The van der Waals surface area contributed by atoms with Crippen LogP contribution in [0.4, 0.5) is 5.82 Å². The lowest BCUT2D eigenvalue weighted by molar-refractivity contribution is 0.101. The molecule has 1 aliphatic heterocycles. The van der Waals surface area contributed by atoms with Crippen molar-refractivity contribution in [2.45, 2.75) is 52.0 Å². The average molecular weight is 246 g/mol. The molecule has 1 aromatic heterocycles. The van der Waals surface area contributed by atoms with Gasteiger partial charge in [0.1, 0.15) is 5.82 Å². The van der Waals surface area contributed by atoms with E-state index in [0.717, 1.165) is 24.3 Å². The quantitative estimate of drug-likeness (QED) is 0.766. The molecule has 0 bridgehead atoms. The summed E-state index contributed by atoms with van der Waals surface area (Å²) >= 11 is 0. The number of rotatable bonds is 3. The van der Waals surface area contributed by atoms with Crippen LogP contribution in [0.1, 0.15) is 56.3 Å². The van der Waals surface area contributed by atoms with Crippen LogP contribution in [-0.4, -0.2) is 23.4 Å². The molecular weight excluding hydrogens is 224 g/mol. The first-order valence-electron chi connectivity index (χ1n) is 6.96. The van der Waals surface area contributed by atoms with Gasteiger partial charge in [-0.05, 0) is 38.3 Å². The van der Waals surface area contributed by atoms with E-state index < -0.39 is 0 Å². The second-order valence-corrected chi connectivity index (χ2v) is 5.04. The largest absolute Gasteiger partial charge is 0.353 e. The van der Waals surface area contributed by atoms with Crippen LogP contribution in [0.5, 0.6) is 0 Å². The van der Waals surface area contributed by atoms with E-state index in [1.54, 1.807) is 13.1 Å². The summed E-state index contributed by atoms with van der Waals surface area (Å²) in [5.74, 6) is 0.996. The Morgan fingerprint density at radius 1 is 1.44 bits per heavy atom. The maximum atomic E-state index is 11.7. The van der Waals surface area contributed by atoms with Gasteiger partial charge in [0.25, 0.3) is 0 Å². The van der Waals surface area contributed by atoms with Gasteiger partial charge >= 0.3 is 0 Å². The molecule has 0 N–H and O–H groups in total. The molecule has 1 aliphatic rings. The molecule has 2 heterocycles. The van der Waals surface area contributed by atoms with E-state index in [0.29, 0.717) is 6.04 Å². The first-order valence-corrected chi connectivity index (χ1v) is 6.96. The zero-order chi connectivity index (χ0) is 13.0. The van der Waals surface area contributed by atoms with Crippen LogP contribution in [0.25, 0.3) is 0 Å². The molecule has 1 fully saturated rings. The highest BCUT2D eigenvalue weighted by molar-refractivity contribution is 5.98. The third-order valence-electron chi connectivity index (χ3n) is 3.79. The maximum Gasteiger partial charge on any atom is 0.163 e. The van der Waals surface area contributed by atoms with Crippen molar-refractivity contribution in [3.63, 3.8) is 0 Å². The summed E-state index contributed by atoms with van der Waals surface area (Å²) in [6.07, 6.45) is 7.90. The minimum Gasteiger partial charge on any atom is -0.353 e. The van der Waals surface area contributed by atoms with Crippen molar-refractivity contribution in [1.29, 1.82) is 0 Å². The van der Waals surface area contributed by atoms with Crippen molar-refractivity contribution in [3.8, 4) is 0 Å². The molecule has 3 heteroatoms. The third kappa shape index (κ3) is 2.71. The maximum absolute atomic E-state index is 11.7. The normalized spacial score (nSPS) is 20.6. The topological polar surface area (TPSA) is 33.2 Å². The second-order valence-electron chi connectivity index (χ2n) is 5.04. The highest BCUT2D eigenvalue weighted by atomic mass is 16.1. The van der Waals surface area contributed by atoms with Gasteiger partial charge < -0.3 is 4.90 Å². The summed E-state index contributed by atoms with van der Waals surface area (Å²) in [5.41, 5.74) is 0.762. The Balaban J connectivity index is 2.35. The van der Waals surface area contributed by atoms with Crippen molar-refractivity contribution >= 4 is 11.6 Å². The first-order chi connectivity index (χ1) is 8.74. The Kier molecular flexibility index (Phi) is 4.34. The van der Waals surface area contributed by atoms with Crippen molar-refractivity contribution in [3.05, 3.63) is 23.9 Å². The number of Topliss-reactive ketones (excluding diaryl/α,β-unsaturated/α-hetero) is 1. The van der Waals surface area contributed by atoms with Crippen molar-refractivity contribution in [1.82, 2.24) is 4.98 Å². The highest BCUT2D eigenvalue weighted by Gasteiger charge is 2.23. The van der Waals surface area contributed by atoms with Gasteiger partial charge in [-0.1, -0.05) is 19.8 Å². The number of carbonyl (C=O) groups excluding carboxylic acids is 1. The summed E-state index contributed by atoms with van der Waals surface area (Å²) in [6, 6.07) is 4.27. The van der Waals surface area contributed by atoms with E-state index in [4.69, 9.17) is 0 Å². The number of nitrogens with zero attached hydrogens (tertiary/aromatic N) is 2. The number of pyridine rings is 1. The molecule has 3 nitrogen and oxygen atoms in total. The Bertz CT molecular complexity index is 417. The molecule has 0 aliphatic carbocycles. The molecule has 0 saturated carbocycles. The zero-order valence-electron chi connectivity index (χ0n) is 11.4. The summed E-state index contributed by atoms with van der Waals surface area (Å²) < 4.78 is 0. The molecular formula is C15H22N2O. The SMILES string of the molecule is CCC1CCCCCN1c1ncccc1C(C)=O. The molecule has 0 aromatic carbocycles. The van der Waals surface area contributed by atoms with Crippen LogP contribution in [0.2, 0.25) is 0 Å². The number of anilines is 1. The van der Waals surface area contributed by atoms with Gasteiger partial charge in [-0.15, -0.1) is 0 Å². The third-order valence-corrected chi connectivity index (χ3v) is 3.79. The van der Waals surface area contributed by atoms with Crippen LogP contribution in [0, 0.1) is 0 Å². The second kappa shape index (κ2) is 5.98. The van der Waals surface area contributed by atoms with E-state index in [2.05, 4.69) is 16.8 Å². The van der Waals surface area contributed by atoms with Crippen LogP contribution in [0.15, 0.2) is 18.3 Å². The van der Waals surface area contributed by atoms with Gasteiger partial charge in [0, 0.05) is 18.8 Å². The van der Waals surface area contributed by atoms with Crippen molar-refractivity contribution in [2.24, 2.45) is 0 Å². The van der Waals surface area contributed by atoms with Gasteiger partial charge in [-0.2, -0.15) is 0 Å². The van der Waals surface area contributed by atoms with E-state index >= 15 is 0 Å². The number of hydrogen-bond donors (Lipinski definition) is 0. The lowest BCUT2D eigenvalue weighted by atomic mass is 10.1. The summed E-state index contributed by atoms with van der Waals surface area (Å²) in [6.45, 7) is 4.87. The smallest absolute Gasteiger partial charge is 0.163 e. The standard InChI is InChI=1S/C15H22N2O/c1-3-13-8-5-4-6-11-17(13)15-14(12(2)18)9-7-10-16-15/h7,9-10,13H,3-6,8,11H2,1-2H3. The van der Waals surface area contributed by atoms with Crippen LogP contribution in [-0.2, 0) is 0 Å². The summed E-state index contributed by atoms with van der Waals surface area (Å²) in [4.78, 5) is 18.5. The van der Waals surface area contributed by atoms with E-state index in [1.165, 1.54) is 25.7 Å². The molecule has 0 amide bonds. The summed E-state index contributed by atoms with van der Waals surface area (Å²) in [7, 11) is 0. The Morgan fingerprint density at radius 3 is 3.00 bits per heavy atom. The van der Waals surface area contributed by atoms with Gasteiger partial charge in [0.05, 0.1) is 5.56 Å². The molecule has 2 rings (SSSR count). The minimum absolute atomic E-state index is 0.109. The number of carbonyl (C=O) groups is 1. The Labute approximate surface area is 109 Å². The minimum atomic E-state index is 0.109. The fourth-order valence-electron chi connectivity index (χ4n) is 2.78. The molecule has 1 unspecified atom stereocenters. The fraction of sp³-hybridized carbons (Fsp3) is 0.600. The lowest BCUT2D eigenvalue weighted by Crippen LogP contribution is -2.36. The highest BCUT2D eigenvalue weighted by Crippen LogP contribution is 2.27. The number of hydrogen-bond acceptors (Lipinski definition) is 3. The predicted molar refractivity (Wildman–Crippen MR) is 74.1 cm³/mol. The van der Waals surface area contributed by atoms with Gasteiger partial charge in [0.15, 0.2) is 5.78 Å². The predicted octanol–water partition coefficient (Wildman–Crippen LogP) is 3.44. The average Bonchev–Trinajstić information content (AvgIpc) is 2.63. The zero-order valence-corrected chi connectivity index (χ0v) is 11.4. The van der Waals surface area contributed by atoms with Gasteiger partial charge in [0.2, 0.25) is 0 Å². The summed E-state index contributed by atoms with van der Waals surface area (Å²) in [5, 5.41) is 0. The van der Waals surface area contributed by atoms with Crippen LogP contribution >= 0.6 is 0 Å². The monoisotopic (exact) mass is 246 g/mol. The van der Waals surface area contributed by atoms with E-state index in [9.17, 15) is 4.79 Å². The van der Waals surface area contributed by atoms with Crippen molar-refractivity contribution < 1.29 is 4.79 Å². The molecule has 0 radical (unpaired) electrons. The molecule has 1 saturated heterocycles. The fourth-order valence-corrected chi connectivity index (χ4v) is 2.78. The van der Waals surface area contributed by atoms with Gasteiger partial charge in [-0.3, -0.25) is 4.79 Å². The molecule has 1 atom stereocenters. The molecule has 0 spiro atoms. The number of ketones is 1. The van der Waals surface area contributed by atoms with Crippen molar-refractivity contribution in [2.75, 3.05) is 11.4 Å². The van der Waals surface area contributed by atoms with Crippen LogP contribution < -0.4 is 4.90 Å². The van der Waals surface area contributed by atoms with E-state index in [1.807, 2.05) is 12.1 Å². The molecule has 98 valence electrons. The lowest BCUT2D eigenvalue weighted by Gasteiger charge is -2.31. The van der Waals surface area contributed by atoms with Crippen LogP contribution in [0.3, 0.4) is 0 Å². The van der Waals surface area contributed by atoms with Gasteiger partial charge in [-0.25, -0.2) is 4.98 Å². The Morgan fingerprint density at radius 2 is 2.28 bits per heavy atom. The Hall–Kier alpha value is -1.38. The molecule has 1 aromatic rings. The van der Waals surface area contributed by atoms with E-state index in [-0.39, 0.29) is 5.78 Å². The molecule has 18 heavy (non-hydrogen) atoms. The number of aromatic nitrogens is 1.